The number of hydrogen-bond acceptors (Lipinski definition) is 6. The lowest BCUT2D eigenvalue weighted by Gasteiger charge is -2.11. The van der Waals surface area contributed by atoms with Crippen molar-refractivity contribution in [2.24, 2.45) is 0 Å². The molecule has 1 unspecified atom stereocenters. The first kappa shape index (κ1) is 15.9. The summed E-state index contributed by atoms with van der Waals surface area (Å²) in [5.74, 6) is -0.744. The van der Waals surface area contributed by atoms with E-state index in [0.717, 1.165) is 0 Å². The topological polar surface area (TPSA) is 88.5 Å². The lowest BCUT2D eigenvalue weighted by molar-refractivity contribution is -0.136. The monoisotopic (exact) mass is 304 g/mol. The molecular formula is C11H16N2O4S2. The molecule has 2 N–H and O–H groups in total. The van der Waals surface area contributed by atoms with Crippen molar-refractivity contribution in [1.82, 2.24) is 10.3 Å². The van der Waals surface area contributed by atoms with Gasteiger partial charge in [0, 0.05) is 18.5 Å². The zero-order valence-corrected chi connectivity index (χ0v) is 12.3. The summed E-state index contributed by atoms with van der Waals surface area (Å²) in [5.41, 5.74) is 0.521. The number of thiazole rings is 1. The van der Waals surface area contributed by atoms with Gasteiger partial charge in [0.05, 0.1) is 24.5 Å². The fourth-order valence-corrected chi connectivity index (χ4v) is 2.98. The number of carboxylic acids is 1. The summed E-state index contributed by atoms with van der Waals surface area (Å²) in [6, 6.07) is -0.0306. The van der Waals surface area contributed by atoms with E-state index in [4.69, 9.17) is 9.84 Å². The quantitative estimate of drug-likeness (QED) is 0.697. The highest BCUT2D eigenvalue weighted by Crippen LogP contribution is 2.22. The van der Waals surface area contributed by atoms with Gasteiger partial charge in [-0.1, -0.05) is 11.8 Å². The van der Waals surface area contributed by atoms with Crippen LogP contribution in [0.2, 0.25) is 0 Å². The lowest BCUT2D eigenvalue weighted by Crippen LogP contribution is -2.36. The zero-order valence-electron chi connectivity index (χ0n) is 10.7. The first-order valence-electron chi connectivity index (χ1n) is 5.58. The SMILES string of the molecule is COCC(C)NC(=O)CSc1nc(CC(=O)O)cs1. The van der Waals surface area contributed by atoms with Crippen molar-refractivity contribution in [2.75, 3.05) is 19.5 Å². The van der Waals surface area contributed by atoms with Crippen LogP contribution in [0.1, 0.15) is 12.6 Å². The maximum Gasteiger partial charge on any atom is 0.309 e. The van der Waals surface area contributed by atoms with Gasteiger partial charge in [0.25, 0.3) is 0 Å². The van der Waals surface area contributed by atoms with Gasteiger partial charge in [0.15, 0.2) is 4.34 Å². The minimum atomic E-state index is -0.909. The number of nitrogens with zero attached hydrogens (tertiary/aromatic N) is 1. The van der Waals surface area contributed by atoms with Gasteiger partial charge in [-0.2, -0.15) is 0 Å². The second-order valence-electron chi connectivity index (χ2n) is 3.89. The van der Waals surface area contributed by atoms with Gasteiger partial charge in [-0.25, -0.2) is 4.98 Å². The summed E-state index contributed by atoms with van der Waals surface area (Å²) in [4.78, 5) is 26.2. The summed E-state index contributed by atoms with van der Waals surface area (Å²) in [6.45, 7) is 2.33. The molecule has 1 aromatic heterocycles. The Morgan fingerprint density at radius 1 is 1.63 bits per heavy atom. The van der Waals surface area contributed by atoms with Gasteiger partial charge in [0.2, 0.25) is 5.91 Å². The number of carbonyl (C=O) groups is 2. The summed E-state index contributed by atoms with van der Waals surface area (Å²) >= 11 is 2.64. The summed E-state index contributed by atoms with van der Waals surface area (Å²) in [6.07, 6.45) is -0.0892. The van der Waals surface area contributed by atoms with E-state index in [1.54, 1.807) is 12.5 Å². The summed E-state index contributed by atoms with van der Waals surface area (Å²) in [7, 11) is 1.58. The molecule has 0 aliphatic carbocycles. The fourth-order valence-electron chi connectivity index (χ4n) is 1.33. The molecule has 0 fully saturated rings. The van der Waals surface area contributed by atoms with Crippen molar-refractivity contribution in [1.29, 1.82) is 0 Å². The average molecular weight is 304 g/mol. The van der Waals surface area contributed by atoms with Gasteiger partial charge in [-0.15, -0.1) is 11.3 Å². The van der Waals surface area contributed by atoms with Crippen molar-refractivity contribution in [2.45, 2.75) is 23.7 Å². The zero-order chi connectivity index (χ0) is 14.3. The average Bonchev–Trinajstić information content (AvgIpc) is 2.73. The Kier molecular flexibility index (Phi) is 6.82. The fraction of sp³-hybridized carbons (Fsp3) is 0.545. The van der Waals surface area contributed by atoms with Crippen LogP contribution in [0.4, 0.5) is 0 Å². The van der Waals surface area contributed by atoms with Crippen LogP contribution in [-0.2, 0) is 20.7 Å². The molecule has 6 nitrogen and oxygen atoms in total. The predicted octanol–water partition coefficient (Wildman–Crippen LogP) is 1.01. The molecule has 0 spiro atoms. The largest absolute Gasteiger partial charge is 0.481 e. The van der Waals surface area contributed by atoms with E-state index in [9.17, 15) is 9.59 Å². The normalized spacial score (nSPS) is 12.1. The van der Waals surface area contributed by atoms with Gasteiger partial charge >= 0.3 is 5.97 Å². The molecule has 0 bridgehead atoms. The number of aromatic nitrogens is 1. The Labute approximate surface area is 119 Å². The number of carboxylic acid groups (broad SMARTS) is 1. The van der Waals surface area contributed by atoms with Gasteiger partial charge in [0.1, 0.15) is 0 Å². The molecule has 19 heavy (non-hydrogen) atoms. The number of methoxy groups -OCH3 is 1. The van der Waals surface area contributed by atoms with Crippen molar-refractivity contribution in [3.05, 3.63) is 11.1 Å². The van der Waals surface area contributed by atoms with E-state index in [1.165, 1.54) is 23.1 Å². The number of nitrogens with one attached hydrogen (secondary N) is 1. The molecular weight excluding hydrogens is 288 g/mol. The van der Waals surface area contributed by atoms with E-state index in [2.05, 4.69) is 10.3 Å². The second-order valence-corrected chi connectivity index (χ2v) is 5.97. The molecule has 0 saturated heterocycles. The Hall–Kier alpha value is -1.12. The second kappa shape index (κ2) is 8.13. The molecule has 0 aliphatic heterocycles. The number of amides is 1. The molecule has 106 valence electrons. The Balaban J connectivity index is 2.33. The standard InChI is InChI=1S/C11H16N2O4S2/c1-7(4-17-2)12-9(14)6-19-11-13-8(5-18-11)3-10(15)16/h5,7H,3-4,6H2,1-2H3,(H,12,14)(H,15,16). The van der Waals surface area contributed by atoms with Crippen LogP contribution in [-0.4, -0.2) is 47.5 Å². The number of ether oxygens (including phenoxy) is 1. The Morgan fingerprint density at radius 3 is 3.00 bits per heavy atom. The van der Waals surface area contributed by atoms with Gasteiger partial charge in [-0.3, -0.25) is 9.59 Å². The van der Waals surface area contributed by atoms with Crippen LogP contribution >= 0.6 is 23.1 Å². The third-order valence-corrected chi connectivity index (χ3v) is 4.08. The highest BCUT2D eigenvalue weighted by molar-refractivity contribution is 8.01. The smallest absolute Gasteiger partial charge is 0.309 e. The van der Waals surface area contributed by atoms with E-state index in [-0.39, 0.29) is 24.1 Å². The van der Waals surface area contributed by atoms with Crippen LogP contribution in [0.5, 0.6) is 0 Å². The van der Waals surface area contributed by atoms with Gasteiger partial charge in [-0.05, 0) is 6.92 Å². The molecule has 1 amide bonds. The number of hydrogen-bond donors (Lipinski definition) is 2. The first-order valence-corrected chi connectivity index (χ1v) is 7.45. The van der Waals surface area contributed by atoms with E-state index >= 15 is 0 Å². The third-order valence-electron chi connectivity index (χ3n) is 2.01. The minimum absolute atomic E-state index is 0.0306. The lowest BCUT2D eigenvalue weighted by atomic mass is 10.3. The Morgan fingerprint density at radius 2 is 2.37 bits per heavy atom. The van der Waals surface area contributed by atoms with Crippen molar-refractivity contribution in [3.63, 3.8) is 0 Å². The van der Waals surface area contributed by atoms with Gasteiger partial charge < -0.3 is 15.2 Å². The molecule has 0 aliphatic rings. The van der Waals surface area contributed by atoms with Crippen LogP contribution in [0.3, 0.4) is 0 Å². The van der Waals surface area contributed by atoms with Crippen molar-refractivity contribution >= 4 is 35.0 Å². The molecule has 0 radical (unpaired) electrons. The maximum absolute atomic E-state index is 11.6. The molecule has 1 atom stereocenters. The van der Waals surface area contributed by atoms with Crippen LogP contribution in [0, 0.1) is 0 Å². The molecule has 1 heterocycles. The van der Waals surface area contributed by atoms with E-state index in [1.807, 2.05) is 6.92 Å². The number of carbonyl (C=O) groups excluding carboxylic acids is 1. The molecule has 0 aromatic carbocycles. The van der Waals surface area contributed by atoms with Crippen LogP contribution < -0.4 is 5.32 Å². The number of aliphatic carboxylic acids is 1. The molecule has 8 heteroatoms. The van der Waals surface area contributed by atoms with E-state index < -0.39 is 5.97 Å². The Bertz CT molecular complexity index is 436. The third kappa shape index (κ3) is 6.55. The minimum Gasteiger partial charge on any atom is -0.481 e. The predicted molar refractivity (Wildman–Crippen MR) is 73.7 cm³/mol. The van der Waals surface area contributed by atoms with Crippen molar-refractivity contribution in [3.8, 4) is 0 Å². The van der Waals surface area contributed by atoms with Crippen LogP contribution in [0.25, 0.3) is 0 Å². The molecule has 1 aromatic rings. The van der Waals surface area contributed by atoms with E-state index in [0.29, 0.717) is 16.6 Å². The summed E-state index contributed by atoms with van der Waals surface area (Å²) in [5, 5.41) is 13.1. The highest BCUT2D eigenvalue weighted by Gasteiger charge is 2.10. The molecule has 1 rings (SSSR count). The van der Waals surface area contributed by atoms with Crippen LogP contribution in [0.15, 0.2) is 9.72 Å². The molecule has 0 saturated carbocycles. The summed E-state index contributed by atoms with van der Waals surface area (Å²) < 4.78 is 5.62. The highest BCUT2D eigenvalue weighted by atomic mass is 32.2. The first-order chi connectivity index (χ1) is 9.01. The number of thioether (sulfide) groups is 1. The van der Waals surface area contributed by atoms with Crippen molar-refractivity contribution < 1.29 is 19.4 Å². The number of rotatable bonds is 8. The maximum atomic E-state index is 11.6.